The summed E-state index contributed by atoms with van der Waals surface area (Å²) in [7, 11) is 0. The minimum atomic E-state index is -1.01. The van der Waals surface area contributed by atoms with Crippen LogP contribution >= 0.6 is 0 Å². The van der Waals surface area contributed by atoms with Crippen LogP contribution in [0.1, 0.15) is 37.2 Å². The third-order valence-corrected chi connectivity index (χ3v) is 2.64. The fourth-order valence-corrected chi connectivity index (χ4v) is 1.80. The molecule has 0 saturated heterocycles. The van der Waals surface area contributed by atoms with Gasteiger partial charge in [0, 0.05) is 18.7 Å². The van der Waals surface area contributed by atoms with Crippen LogP contribution in [0.4, 0.5) is 5.88 Å². The molecule has 1 saturated carbocycles. The van der Waals surface area contributed by atoms with Crippen LogP contribution in [0, 0.1) is 5.92 Å². The zero-order valence-electron chi connectivity index (χ0n) is 9.64. The molecule has 0 unspecified atom stereocenters. The third-order valence-electron chi connectivity index (χ3n) is 2.64. The van der Waals surface area contributed by atoms with Gasteiger partial charge in [0.25, 0.3) is 0 Å². The molecule has 0 atom stereocenters. The van der Waals surface area contributed by atoms with E-state index in [0.717, 1.165) is 6.54 Å². The van der Waals surface area contributed by atoms with Gasteiger partial charge in [0.05, 0.1) is 0 Å². The van der Waals surface area contributed by atoms with Crippen molar-refractivity contribution in [2.45, 2.75) is 32.7 Å². The second-order valence-corrected chi connectivity index (χ2v) is 4.72. The molecule has 1 aromatic heterocycles. The Morgan fingerprint density at radius 2 is 2.25 bits per heavy atom. The lowest BCUT2D eigenvalue weighted by Crippen LogP contribution is -2.29. The number of hydrogen-bond acceptors (Lipinski definition) is 3. The average molecular weight is 223 g/mol. The first-order valence-corrected chi connectivity index (χ1v) is 5.67. The highest BCUT2D eigenvalue weighted by Gasteiger charge is 2.31. The van der Waals surface area contributed by atoms with Crippen LogP contribution in [0.3, 0.4) is 0 Å². The number of carboxylic acids is 1. The smallest absolute Gasteiger partial charge is 0.371 e. The van der Waals surface area contributed by atoms with E-state index >= 15 is 0 Å². The highest BCUT2D eigenvalue weighted by atomic mass is 16.4. The van der Waals surface area contributed by atoms with E-state index < -0.39 is 5.97 Å². The fourth-order valence-electron chi connectivity index (χ4n) is 1.80. The summed E-state index contributed by atoms with van der Waals surface area (Å²) in [5, 5.41) is 8.80. The van der Waals surface area contributed by atoms with Crippen molar-refractivity contribution >= 4 is 11.9 Å². The van der Waals surface area contributed by atoms with Crippen LogP contribution in [0.2, 0.25) is 0 Å². The normalized spacial score (nSPS) is 15.4. The number of rotatable bonds is 5. The van der Waals surface area contributed by atoms with E-state index in [-0.39, 0.29) is 5.76 Å². The van der Waals surface area contributed by atoms with Gasteiger partial charge in [0.1, 0.15) is 0 Å². The van der Waals surface area contributed by atoms with Gasteiger partial charge in [-0.3, -0.25) is 0 Å². The molecule has 1 N–H and O–H groups in total. The van der Waals surface area contributed by atoms with Crippen LogP contribution in [0.15, 0.2) is 16.5 Å². The first kappa shape index (κ1) is 11.0. The van der Waals surface area contributed by atoms with Gasteiger partial charge >= 0.3 is 5.97 Å². The van der Waals surface area contributed by atoms with Crippen molar-refractivity contribution < 1.29 is 14.3 Å². The molecule has 0 bridgehead atoms. The molecule has 2 rings (SSSR count). The molecule has 0 spiro atoms. The van der Waals surface area contributed by atoms with E-state index in [1.807, 2.05) is 0 Å². The fraction of sp³-hybridized carbons (Fsp3) is 0.583. The second kappa shape index (κ2) is 4.20. The molecule has 1 heterocycles. The van der Waals surface area contributed by atoms with Crippen molar-refractivity contribution in [3.05, 3.63) is 17.9 Å². The summed E-state index contributed by atoms with van der Waals surface area (Å²) in [6, 6.07) is 3.81. The van der Waals surface area contributed by atoms with Crippen molar-refractivity contribution in [1.82, 2.24) is 0 Å². The van der Waals surface area contributed by atoms with Gasteiger partial charge in [-0.05, 0) is 24.8 Å². The number of carboxylic acid groups (broad SMARTS) is 1. The minimum Gasteiger partial charge on any atom is -0.475 e. The summed E-state index contributed by atoms with van der Waals surface area (Å²) in [6.07, 6.45) is 2.35. The summed E-state index contributed by atoms with van der Waals surface area (Å²) in [5.41, 5.74) is 0. The zero-order chi connectivity index (χ0) is 11.7. The Hall–Kier alpha value is -1.45. The van der Waals surface area contributed by atoms with E-state index in [2.05, 4.69) is 18.7 Å². The summed E-state index contributed by atoms with van der Waals surface area (Å²) < 4.78 is 5.34. The maximum Gasteiger partial charge on any atom is 0.371 e. The Balaban J connectivity index is 2.14. The van der Waals surface area contributed by atoms with Crippen LogP contribution in [-0.4, -0.2) is 23.7 Å². The lowest BCUT2D eigenvalue weighted by atomic mass is 10.2. The van der Waals surface area contributed by atoms with Crippen molar-refractivity contribution in [2.75, 3.05) is 11.4 Å². The Morgan fingerprint density at radius 3 is 2.69 bits per heavy atom. The molecule has 4 heteroatoms. The second-order valence-electron chi connectivity index (χ2n) is 4.72. The molecule has 1 aliphatic rings. The molecule has 0 amide bonds. The molecular weight excluding hydrogens is 206 g/mol. The predicted octanol–water partition coefficient (Wildman–Crippen LogP) is 2.60. The standard InChI is InChI=1S/C12H17NO3/c1-8(2)7-13(9-3-4-9)11-6-5-10(16-11)12(14)15/h5-6,8-9H,3-4,7H2,1-2H3,(H,14,15). The Labute approximate surface area is 94.9 Å². The van der Waals surface area contributed by atoms with Gasteiger partial charge in [-0.15, -0.1) is 0 Å². The molecular formula is C12H17NO3. The lowest BCUT2D eigenvalue weighted by Gasteiger charge is -2.23. The van der Waals surface area contributed by atoms with Crippen molar-refractivity contribution in [3.8, 4) is 0 Å². The number of aromatic carboxylic acids is 1. The van der Waals surface area contributed by atoms with Crippen LogP contribution in [0.5, 0.6) is 0 Å². The topological polar surface area (TPSA) is 53.7 Å². The van der Waals surface area contributed by atoms with Gasteiger partial charge in [-0.1, -0.05) is 13.8 Å². The van der Waals surface area contributed by atoms with E-state index in [1.165, 1.54) is 18.9 Å². The molecule has 16 heavy (non-hydrogen) atoms. The number of hydrogen-bond donors (Lipinski definition) is 1. The maximum absolute atomic E-state index is 10.7. The van der Waals surface area contributed by atoms with Crippen molar-refractivity contribution in [2.24, 2.45) is 5.92 Å². The average Bonchev–Trinajstić information content (AvgIpc) is 2.91. The van der Waals surface area contributed by atoms with E-state index in [1.54, 1.807) is 6.07 Å². The number of anilines is 1. The SMILES string of the molecule is CC(C)CN(c1ccc(C(=O)O)o1)C1CC1. The predicted molar refractivity (Wildman–Crippen MR) is 60.9 cm³/mol. The van der Waals surface area contributed by atoms with E-state index in [0.29, 0.717) is 17.8 Å². The summed E-state index contributed by atoms with van der Waals surface area (Å²) in [5.74, 6) is 0.239. The zero-order valence-corrected chi connectivity index (χ0v) is 9.64. The molecule has 88 valence electrons. The molecule has 0 aromatic carbocycles. The number of carbonyl (C=O) groups is 1. The van der Waals surface area contributed by atoms with Crippen LogP contribution in [0.25, 0.3) is 0 Å². The van der Waals surface area contributed by atoms with Gasteiger partial charge in [-0.2, -0.15) is 0 Å². The molecule has 4 nitrogen and oxygen atoms in total. The third kappa shape index (κ3) is 2.38. The maximum atomic E-state index is 10.7. The number of furan rings is 1. The van der Waals surface area contributed by atoms with E-state index in [9.17, 15) is 4.79 Å². The molecule has 0 radical (unpaired) electrons. The number of nitrogens with zero attached hydrogens (tertiary/aromatic N) is 1. The van der Waals surface area contributed by atoms with Crippen molar-refractivity contribution in [1.29, 1.82) is 0 Å². The monoisotopic (exact) mass is 223 g/mol. The highest BCUT2D eigenvalue weighted by molar-refractivity contribution is 5.84. The summed E-state index contributed by atoms with van der Waals surface area (Å²) in [4.78, 5) is 12.9. The highest BCUT2D eigenvalue weighted by Crippen LogP contribution is 2.33. The molecule has 1 aliphatic carbocycles. The summed E-state index contributed by atoms with van der Waals surface area (Å²) in [6.45, 7) is 5.21. The first-order valence-electron chi connectivity index (χ1n) is 5.67. The Kier molecular flexibility index (Phi) is 2.90. The van der Waals surface area contributed by atoms with Gasteiger partial charge in [-0.25, -0.2) is 4.79 Å². The van der Waals surface area contributed by atoms with Crippen molar-refractivity contribution in [3.63, 3.8) is 0 Å². The van der Waals surface area contributed by atoms with Crippen LogP contribution in [-0.2, 0) is 0 Å². The lowest BCUT2D eigenvalue weighted by molar-refractivity contribution is 0.0663. The Morgan fingerprint density at radius 1 is 1.56 bits per heavy atom. The largest absolute Gasteiger partial charge is 0.475 e. The molecule has 1 fully saturated rings. The van der Waals surface area contributed by atoms with Crippen LogP contribution < -0.4 is 4.90 Å². The molecule has 0 aliphatic heterocycles. The first-order chi connectivity index (χ1) is 7.58. The van der Waals surface area contributed by atoms with Gasteiger partial charge in [0.2, 0.25) is 5.76 Å². The van der Waals surface area contributed by atoms with Gasteiger partial charge in [0.15, 0.2) is 5.88 Å². The van der Waals surface area contributed by atoms with E-state index in [4.69, 9.17) is 9.52 Å². The molecule has 1 aromatic rings. The van der Waals surface area contributed by atoms with Gasteiger partial charge < -0.3 is 14.4 Å². The quantitative estimate of drug-likeness (QED) is 0.833. The summed E-state index contributed by atoms with van der Waals surface area (Å²) >= 11 is 0. The Bertz CT molecular complexity index is 379. The minimum absolute atomic E-state index is 0.0180.